The normalized spacial score (nSPS) is 15.2. The summed E-state index contributed by atoms with van der Waals surface area (Å²) in [4.78, 5) is 0. The van der Waals surface area contributed by atoms with Crippen molar-refractivity contribution in [3.8, 4) is 5.75 Å². The summed E-state index contributed by atoms with van der Waals surface area (Å²) < 4.78 is 5.14. The van der Waals surface area contributed by atoms with E-state index in [9.17, 15) is 0 Å². The molecule has 1 nitrogen and oxygen atoms in total. The number of ether oxygens (including phenoxy) is 1. The van der Waals surface area contributed by atoms with Gasteiger partial charge in [0.25, 0.3) is 0 Å². The summed E-state index contributed by atoms with van der Waals surface area (Å²) in [5, 5.41) is 0.989. The zero-order valence-corrected chi connectivity index (χ0v) is 14.3. The molecule has 0 spiro atoms. The van der Waals surface area contributed by atoms with E-state index in [4.69, 9.17) is 39.5 Å². The topological polar surface area (TPSA) is 9.23 Å². The van der Waals surface area contributed by atoms with Gasteiger partial charge in [-0.3, -0.25) is 0 Å². The first-order valence-electron chi connectivity index (χ1n) is 6.33. The fraction of sp³-hybridized carbons (Fsp3) is 0.600. The van der Waals surface area contributed by atoms with Gasteiger partial charge in [-0.25, -0.2) is 0 Å². The van der Waals surface area contributed by atoms with Crippen LogP contribution in [0.3, 0.4) is 0 Å². The smallest absolute Gasteiger partial charge is 0.138 e. The Labute approximate surface area is 131 Å². The van der Waals surface area contributed by atoms with Gasteiger partial charge in [-0.15, -0.1) is 11.6 Å². The molecule has 2 atom stereocenters. The fourth-order valence-corrected chi connectivity index (χ4v) is 2.77. The van der Waals surface area contributed by atoms with E-state index in [0.717, 1.165) is 12.0 Å². The summed E-state index contributed by atoms with van der Waals surface area (Å²) in [6.07, 6.45) is 0.855. The fourth-order valence-electron chi connectivity index (χ4n) is 1.73. The molecule has 108 valence electrons. The van der Waals surface area contributed by atoms with Gasteiger partial charge in [0.1, 0.15) is 5.75 Å². The van der Waals surface area contributed by atoms with E-state index in [1.165, 1.54) is 0 Å². The number of rotatable bonds is 4. The van der Waals surface area contributed by atoms with Crippen LogP contribution in [0.4, 0.5) is 0 Å². The molecule has 2 unspecified atom stereocenters. The maximum absolute atomic E-state index is 6.50. The first-order chi connectivity index (χ1) is 8.66. The van der Waals surface area contributed by atoms with Crippen LogP contribution in [-0.2, 0) is 0 Å². The first kappa shape index (κ1) is 16.9. The highest BCUT2D eigenvalue weighted by molar-refractivity contribution is 6.35. The molecule has 0 aliphatic heterocycles. The minimum absolute atomic E-state index is 0.148. The third-order valence-corrected chi connectivity index (χ3v) is 4.68. The number of hydrogen-bond acceptors (Lipinski definition) is 1. The molecule has 4 heteroatoms. The lowest BCUT2D eigenvalue weighted by Crippen LogP contribution is -2.18. The molecule has 0 radical (unpaired) electrons. The molecule has 0 aromatic heterocycles. The molecule has 0 fully saturated rings. The maximum Gasteiger partial charge on any atom is 0.138 e. The van der Waals surface area contributed by atoms with Crippen LogP contribution >= 0.6 is 34.8 Å². The molecule has 0 saturated carbocycles. The third-order valence-electron chi connectivity index (χ3n) is 3.65. The molecule has 0 aliphatic rings. The van der Waals surface area contributed by atoms with Crippen LogP contribution in [-0.4, -0.2) is 7.11 Å². The van der Waals surface area contributed by atoms with Crippen molar-refractivity contribution in [1.82, 2.24) is 0 Å². The molecule has 0 heterocycles. The first-order valence-corrected chi connectivity index (χ1v) is 7.53. The Morgan fingerprint density at radius 1 is 1.16 bits per heavy atom. The number of halogens is 3. The van der Waals surface area contributed by atoms with Crippen molar-refractivity contribution in [3.63, 3.8) is 0 Å². The van der Waals surface area contributed by atoms with Gasteiger partial charge in [0.05, 0.1) is 17.5 Å². The van der Waals surface area contributed by atoms with Gasteiger partial charge >= 0.3 is 0 Å². The van der Waals surface area contributed by atoms with Crippen LogP contribution < -0.4 is 4.74 Å². The lowest BCUT2D eigenvalue weighted by molar-refractivity contribution is 0.245. The van der Waals surface area contributed by atoms with Gasteiger partial charge in [-0.2, -0.15) is 0 Å². The molecule has 1 aromatic carbocycles. The van der Waals surface area contributed by atoms with Crippen molar-refractivity contribution >= 4 is 34.8 Å². The van der Waals surface area contributed by atoms with Crippen molar-refractivity contribution in [2.45, 2.75) is 39.5 Å². The van der Waals surface area contributed by atoms with Crippen molar-refractivity contribution in [1.29, 1.82) is 0 Å². The SMILES string of the molecule is COc1cc(Cl)c(C(Cl)CC(C)C(C)(C)C)cc1Cl. The molecule has 1 rings (SSSR count). The largest absolute Gasteiger partial charge is 0.495 e. The van der Waals surface area contributed by atoms with Crippen LogP contribution in [0, 0.1) is 11.3 Å². The highest BCUT2D eigenvalue weighted by Gasteiger charge is 2.25. The molecule has 19 heavy (non-hydrogen) atoms. The molecule has 1 aromatic rings. The van der Waals surface area contributed by atoms with Gasteiger partial charge < -0.3 is 4.74 Å². The number of methoxy groups -OCH3 is 1. The van der Waals surface area contributed by atoms with E-state index in [-0.39, 0.29) is 10.8 Å². The average Bonchev–Trinajstić information content (AvgIpc) is 2.30. The standard InChI is InChI=1S/C15H21Cl3O/c1-9(15(2,3)4)6-11(16)10-7-13(18)14(19-5)8-12(10)17/h7-9,11H,6H2,1-5H3. The monoisotopic (exact) mass is 322 g/mol. The molecule has 0 N–H and O–H groups in total. The molecule has 0 aliphatic carbocycles. The molecule has 0 bridgehead atoms. The van der Waals surface area contributed by atoms with Gasteiger partial charge in [0.2, 0.25) is 0 Å². The van der Waals surface area contributed by atoms with Crippen LogP contribution in [0.1, 0.15) is 45.1 Å². The Bertz CT molecular complexity index is 438. The predicted molar refractivity (Wildman–Crippen MR) is 84.8 cm³/mol. The van der Waals surface area contributed by atoms with Crippen molar-refractivity contribution in [2.75, 3.05) is 7.11 Å². The van der Waals surface area contributed by atoms with Crippen molar-refractivity contribution < 1.29 is 4.74 Å². The summed E-state index contributed by atoms with van der Waals surface area (Å²) >= 11 is 18.9. The highest BCUT2D eigenvalue weighted by atomic mass is 35.5. The maximum atomic E-state index is 6.50. The van der Waals surface area contributed by atoms with E-state index >= 15 is 0 Å². The van der Waals surface area contributed by atoms with Gasteiger partial charge in [-0.1, -0.05) is 50.9 Å². The van der Waals surface area contributed by atoms with Crippen LogP contribution in [0.25, 0.3) is 0 Å². The van der Waals surface area contributed by atoms with Gasteiger partial charge in [-0.05, 0) is 29.4 Å². The Morgan fingerprint density at radius 2 is 1.74 bits per heavy atom. The molecule has 0 amide bonds. The second-order valence-electron chi connectivity index (χ2n) is 5.98. The molecular formula is C15H21Cl3O. The van der Waals surface area contributed by atoms with Crippen LogP contribution in [0.2, 0.25) is 10.0 Å². The summed E-state index contributed by atoms with van der Waals surface area (Å²) in [6.45, 7) is 8.84. The van der Waals surface area contributed by atoms with Gasteiger partial charge in [0.15, 0.2) is 0 Å². The summed E-state index contributed by atoms with van der Waals surface area (Å²) in [6, 6.07) is 3.52. The van der Waals surface area contributed by atoms with Crippen LogP contribution in [0.5, 0.6) is 5.75 Å². The Balaban J connectivity index is 2.94. The number of hydrogen-bond donors (Lipinski definition) is 0. The Hall–Kier alpha value is -0.110. The Morgan fingerprint density at radius 3 is 2.21 bits per heavy atom. The summed E-state index contributed by atoms with van der Waals surface area (Å²) in [7, 11) is 1.57. The van der Waals surface area contributed by atoms with E-state index in [2.05, 4.69) is 27.7 Å². The van der Waals surface area contributed by atoms with Crippen LogP contribution in [0.15, 0.2) is 12.1 Å². The zero-order chi connectivity index (χ0) is 14.8. The number of benzene rings is 1. The summed E-state index contributed by atoms with van der Waals surface area (Å²) in [5.41, 5.74) is 1.08. The van der Waals surface area contributed by atoms with Crippen molar-refractivity contribution in [2.24, 2.45) is 11.3 Å². The lowest BCUT2D eigenvalue weighted by Gasteiger charge is -2.29. The molecular weight excluding hydrogens is 303 g/mol. The van der Waals surface area contributed by atoms with Crippen molar-refractivity contribution in [3.05, 3.63) is 27.7 Å². The highest BCUT2D eigenvalue weighted by Crippen LogP contribution is 2.41. The van der Waals surface area contributed by atoms with E-state index in [1.54, 1.807) is 19.2 Å². The van der Waals surface area contributed by atoms with E-state index in [1.807, 2.05) is 0 Å². The molecule has 0 saturated heterocycles. The van der Waals surface area contributed by atoms with Gasteiger partial charge in [0, 0.05) is 11.1 Å². The Kier molecular flexibility index (Phi) is 5.85. The zero-order valence-electron chi connectivity index (χ0n) is 12.1. The van der Waals surface area contributed by atoms with E-state index in [0.29, 0.717) is 21.7 Å². The average molecular weight is 324 g/mol. The lowest BCUT2D eigenvalue weighted by atomic mass is 9.79. The minimum atomic E-state index is -0.148. The minimum Gasteiger partial charge on any atom is -0.495 e. The third kappa shape index (κ3) is 4.44. The number of alkyl halides is 1. The van der Waals surface area contributed by atoms with E-state index < -0.39 is 0 Å². The predicted octanol–water partition coefficient (Wildman–Crippen LogP) is 6.35. The summed E-state index contributed by atoms with van der Waals surface area (Å²) in [5.74, 6) is 1.05. The second-order valence-corrected chi connectivity index (χ2v) is 7.32. The quantitative estimate of drug-likeness (QED) is 0.586. The second kappa shape index (κ2) is 6.56.